The monoisotopic (exact) mass is 378 g/mol. The highest BCUT2D eigenvalue weighted by Crippen LogP contribution is 2.24. The highest BCUT2D eigenvalue weighted by atomic mass is 32.1. The zero-order valence-corrected chi connectivity index (χ0v) is 16.9. The maximum Gasteiger partial charge on any atom is 0.191 e. The van der Waals surface area contributed by atoms with Crippen molar-refractivity contribution in [2.75, 3.05) is 13.1 Å². The lowest BCUT2D eigenvalue weighted by Gasteiger charge is -2.23. The first-order valence-electron chi connectivity index (χ1n) is 9.24. The topological polar surface area (TPSA) is 82.7 Å². The van der Waals surface area contributed by atoms with Gasteiger partial charge >= 0.3 is 0 Å². The SMILES string of the molecule is CCNC(=NCc1cc(C(CC)CC)no1)NCC(C)(O)c1cccs1. The summed E-state index contributed by atoms with van der Waals surface area (Å²) in [4.78, 5) is 5.47. The molecular weight excluding hydrogens is 348 g/mol. The van der Waals surface area contributed by atoms with Crippen LogP contribution in [0.4, 0.5) is 0 Å². The van der Waals surface area contributed by atoms with Crippen LogP contribution in [0.3, 0.4) is 0 Å². The van der Waals surface area contributed by atoms with Gasteiger partial charge in [0.1, 0.15) is 12.1 Å². The molecule has 0 saturated heterocycles. The summed E-state index contributed by atoms with van der Waals surface area (Å²) >= 11 is 1.54. The number of hydrogen-bond donors (Lipinski definition) is 3. The fraction of sp³-hybridized carbons (Fsp3) is 0.579. The predicted molar refractivity (Wildman–Crippen MR) is 107 cm³/mol. The molecule has 0 bridgehead atoms. The smallest absolute Gasteiger partial charge is 0.191 e. The molecular formula is C19H30N4O2S. The number of hydrogen-bond acceptors (Lipinski definition) is 5. The van der Waals surface area contributed by atoms with Crippen LogP contribution >= 0.6 is 11.3 Å². The first-order valence-corrected chi connectivity index (χ1v) is 10.1. The Morgan fingerprint density at radius 2 is 2.12 bits per heavy atom. The summed E-state index contributed by atoms with van der Waals surface area (Å²) in [6.45, 7) is 9.64. The van der Waals surface area contributed by atoms with Crippen molar-refractivity contribution in [3.63, 3.8) is 0 Å². The molecule has 3 N–H and O–H groups in total. The molecule has 26 heavy (non-hydrogen) atoms. The third-order valence-corrected chi connectivity index (χ3v) is 5.49. The average Bonchev–Trinajstić information content (AvgIpc) is 3.31. The van der Waals surface area contributed by atoms with Crippen LogP contribution in [0.5, 0.6) is 0 Å². The van der Waals surface area contributed by atoms with E-state index in [4.69, 9.17) is 4.52 Å². The van der Waals surface area contributed by atoms with Crippen molar-refractivity contribution >= 4 is 17.3 Å². The summed E-state index contributed by atoms with van der Waals surface area (Å²) in [5.41, 5.74) is 0.0537. The average molecular weight is 379 g/mol. The Hall–Kier alpha value is -1.86. The van der Waals surface area contributed by atoms with E-state index in [9.17, 15) is 5.11 Å². The van der Waals surface area contributed by atoms with Crippen molar-refractivity contribution in [2.45, 2.75) is 58.6 Å². The molecule has 0 fully saturated rings. The number of aliphatic hydroxyl groups is 1. The van der Waals surface area contributed by atoms with Crippen LogP contribution in [-0.2, 0) is 12.1 Å². The summed E-state index contributed by atoms with van der Waals surface area (Å²) in [6, 6.07) is 5.87. The van der Waals surface area contributed by atoms with Crippen molar-refractivity contribution in [2.24, 2.45) is 4.99 Å². The van der Waals surface area contributed by atoms with Gasteiger partial charge in [-0.1, -0.05) is 25.1 Å². The molecule has 2 heterocycles. The van der Waals surface area contributed by atoms with Gasteiger partial charge in [-0.25, -0.2) is 4.99 Å². The summed E-state index contributed by atoms with van der Waals surface area (Å²) in [5, 5.41) is 23.2. The van der Waals surface area contributed by atoms with Crippen molar-refractivity contribution in [3.05, 3.63) is 39.9 Å². The van der Waals surface area contributed by atoms with Crippen LogP contribution in [0.2, 0.25) is 0 Å². The third kappa shape index (κ3) is 5.57. The van der Waals surface area contributed by atoms with Crippen LogP contribution < -0.4 is 10.6 Å². The van der Waals surface area contributed by atoms with E-state index in [0.29, 0.717) is 25.0 Å². The normalized spacial score (nSPS) is 14.5. The Kier molecular flexibility index (Phi) is 7.66. The highest BCUT2D eigenvalue weighted by Gasteiger charge is 2.24. The second-order valence-corrected chi connectivity index (χ2v) is 7.48. The lowest BCUT2D eigenvalue weighted by atomic mass is 9.99. The minimum Gasteiger partial charge on any atom is -0.383 e. The third-order valence-electron chi connectivity index (χ3n) is 4.37. The van der Waals surface area contributed by atoms with Gasteiger partial charge in [-0.2, -0.15) is 0 Å². The lowest BCUT2D eigenvalue weighted by Crippen LogP contribution is -2.44. The second kappa shape index (κ2) is 9.73. The standard InChI is InChI=1S/C19H30N4O2S/c1-5-14(6-2)16-11-15(25-23-16)12-21-18(20-7-3)22-13-19(4,24)17-9-8-10-26-17/h8-11,14,24H,5-7,12-13H2,1-4H3,(H2,20,21,22). The molecule has 0 aliphatic rings. The van der Waals surface area contributed by atoms with E-state index in [1.165, 1.54) is 0 Å². The van der Waals surface area contributed by atoms with Crippen LogP contribution in [-0.4, -0.2) is 29.3 Å². The van der Waals surface area contributed by atoms with Gasteiger partial charge in [-0.15, -0.1) is 11.3 Å². The molecule has 0 aromatic carbocycles. The van der Waals surface area contributed by atoms with Gasteiger partial charge in [0.25, 0.3) is 0 Å². The Labute approximate surface area is 159 Å². The summed E-state index contributed by atoms with van der Waals surface area (Å²) in [7, 11) is 0. The molecule has 0 aliphatic carbocycles. The second-order valence-electron chi connectivity index (χ2n) is 6.53. The van der Waals surface area contributed by atoms with Gasteiger partial charge in [-0.3, -0.25) is 0 Å². The number of guanidine groups is 1. The van der Waals surface area contributed by atoms with Gasteiger partial charge in [-0.05, 0) is 38.1 Å². The summed E-state index contributed by atoms with van der Waals surface area (Å²) in [5.74, 6) is 1.82. The maximum absolute atomic E-state index is 10.6. The minimum atomic E-state index is -0.945. The number of aliphatic imine (C=N–C) groups is 1. The van der Waals surface area contributed by atoms with Gasteiger partial charge in [0, 0.05) is 23.4 Å². The fourth-order valence-corrected chi connectivity index (χ4v) is 3.52. The van der Waals surface area contributed by atoms with Crippen LogP contribution in [0, 0.1) is 0 Å². The maximum atomic E-state index is 10.6. The van der Waals surface area contributed by atoms with Crippen LogP contribution in [0.25, 0.3) is 0 Å². The largest absolute Gasteiger partial charge is 0.383 e. The molecule has 0 spiro atoms. The van der Waals surface area contributed by atoms with Crippen molar-refractivity contribution in [1.82, 2.24) is 15.8 Å². The van der Waals surface area contributed by atoms with E-state index in [-0.39, 0.29) is 0 Å². The van der Waals surface area contributed by atoms with E-state index < -0.39 is 5.60 Å². The van der Waals surface area contributed by atoms with Crippen molar-refractivity contribution in [3.8, 4) is 0 Å². The first kappa shape index (κ1) is 20.5. The Morgan fingerprint density at radius 3 is 2.73 bits per heavy atom. The zero-order chi connectivity index (χ0) is 19.0. The molecule has 144 valence electrons. The molecule has 1 unspecified atom stereocenters. The molecule has 2 rings (SSSR count). The molecule has 0 saturated carbocycles. The Bertz CT molecular complexity index is 676. The predicted octanol–water partition coefficient (Wildman–Crippen LogP) is 3.60. The molecule has 0 amide bonds. The Morgan fingerprint density at radius 1 is 1.35 bits per heavy atom. The summed E-state index contributed by atoms with van der Waals surface area (Å²) < 4.78 is 5.42. The molecule has 2 aromatic rings. The molecule has 0 aliphatic heterocycles. The van der Waals surface area contributed by atoms with Gasteiger partial charge in [0.15, 0.2) is 11.7 Å². The number of nitrogens with one attached hydrogen (secondary N) is 2. The number of nitrogens with zero attached hydrogens (tertiary/aromatic N) is 2. The van der Waals surface area contributed by atoms with E-state index in [2.05, 4.69) is 34.6 Å². The molecule has 0 radical (unpaired) electrons. The van der Waals surface area contributed by atoms with Crippen molar-refractivity contribution < 1.29 is 9.63 Å². The first-order chi connectivity index (χ1) is 12.5. The highest BCUT2D eigenvalue weighted by molar-refractivity contribution is 7.10. The Balaban J connectivity index is 1.98. The molecule has 2 aromatic heterocycles. The van der Waals surface area contributed by atoms with Gasteiger partial charge in [0.05, 0.1) is 12.2 Å². The minimum absolute atomic E-state index is 0.370. The van der Waals surface area contributed by atoms with E-state index in [0.717, 1.165) is 35.7 Å². The molecule has 7 heteroatoms. The number of rotatable bonds is 9. The van der Waals surface area contributed by atoms with E-state index in [1.807, 2.05) is 30.5 Å². The van der Waals surface area contributed by atoms with Crippen LogP contribution in [0.1, 0.15) is 62.8 Å². The van der Waals surface area contributed by atoms with Gasteiger partial charge < -0.3 is 20.3 Å². The lowest BCUT2D eigenvalue weighted by molar-refractivity contribution is 0.0655. The quantitative estimate of drug-likeness (QED) is 0.459. The van der Waals surface area contributed by atoms with Crippen molar-refractivity contribution in [1.29, 1.82) is 0 Å². The van der Waals surface area contributed by atoms with E-state index in [1.54, 1.807) is 18.3 Å². The van der Waals surface area contributed by atoms with E-state index >= 15 is 0 Å². The number of thiophene rings is 1. The zero-order valence-electron chi connectivity index (χ0n) is 16.1. The molecule has 6 nitrogen and oxygen atoms in total. The molecule has 1 atom stereocenters. The van der Waals surface area contributed by atoms with Gasteiger partial charge in [0.2, 0.25) is 0 Å². The number of aromatic nitrogens is 1. The van der Waals surface area contributed by atoms with Crippen LogP contribution in [0.15, 0.2) is 33.1 Å². The summed E-state index contributed by atoms with van der Waals surface area (Å²) in [6.07, 6.45) is 2.10. The fourth-order valence-electron chi connectivity index (χ4n) is 2.73.